The molecule has 14 heavy (non-hydrogen) atoms. The molecule has 0 aromatic rings. The maximum atomic E-state index is 11.2. The Morgan fingerprint density at radius 1 is 1.86 bits per heavy atom. The van der Waals surface area contributed by atoms with E-state index in [0.717, 1.165) is 0 Å². The molecule has 0 amide bonds. The molecule has 76 valence electrons. The molecule has 0 aliphatic rings. The van der Waals surface area contributed by atoms with Crippen LogP contribution < -0.4 is 5.32 Å². The van der Waals surface area contributed by atoms with Crippen LogP contribution in [-0.4, -0.2) is 24.1 Å². The summed E-state index contributed by atoms with van der Waals surface area (Å²) in [6.45, 7) is 5.88. The lowest BCUT2D eigenvalue weighted by molar-refractivity contribution is -0.143. The van der Waals surface area contributed by atoms with Crippen LogP contribution in [0.1, 0.15) is 6.92 Å². The van der Waals surface area contributed by atoms with Crippen LogP contribution >= 0.6 is 12.2 Å². The summed E-state index contributed by atoms with van der Waals surface area (Å²) in [6.07, 6.45) is 1.43. The van der Waals surface area contributed by atoms with Crippen LogP contribution in [0.4, 0.5) is 0 Å². The Labute approximate surface area is 88.5 Å². The van der Waals surface area contributed by atoms with Crippen LogP contribution in [-0.2, 0) is 9.53 Å². The van der Waals surface area contributed by atoms with Gasteiger partial charge in [-0.1, -0.05) is 24.9 Å². The lowest BCUT2D eigenvalue weighted by Gasteiger charge is -2.10. The van der Waals surface area contributed by atoms with Crippen LogP contribution in [0, 0.1) is 17.2 Å². The standard InChI is InChI=1S/C9H12N2O2S/c1-3-5-13-9(12)7(6-10)8(14)11-4-2/h3,7H,1,4-5H2,2H3,(H,11,14). The average molecular weight is 212 g/mol. The van der Waals surface area contributed by atoms with Gasteiger partial charge in [0.05, 0.1) is 6.07 Å². The second-order valence-electron chi connectivity index (χ2n) is 2.38. The minimum absolute atomic E-state index is 0.0890. The number of hydrogen-bond donors (Lipinski definition) is 1. The van der Waals surface area contributed by atoms with E-state index >= 15 is 0 Å². The molecule has 0 heterocycles. The summed E-state index contributed by atoms with van der Waals surface area (Å²) in [4.78, 5) is 11.4. The fourth-order valence-corrected chi connectivity index (χ4v) is 1.01. The van der Waals surface area contributed by atoms with Crippen molar-refractivity contribution in [3.05, 3.63) is 12.7 Å². The fraction of sp³-hybridized carbons (Fsp3) is 0.444. The Hall–Kier alpha value is -1.41. The number of thiocarbonyl (C=S) groups is 1. The van der Waals surface area contributed by atoms with Crippen LogP contribution in [0.25, 0.3) is 0 Å². The van der Waals surface area contributed by atoms with E-state index < -0.39 is 11.9 Å². The lowest BCUT2D eigenvalue weighted by atomic mass is 10.2. The molecular formula is C9H12N2O2S. The maximum Gasteiger partial charge on any atom is 0.330 e. The topological polar surface area (TPSA) is 62.1 Å². The highest BCUT2D eigenvalue weighted by Crippen LogP contribution is 2.00. The number of esters is 1. The summed E-state index contributed by atoms with van der Waals surface area (Å²) in [5.74, 6) is -1.66. The summed E-state index contributed by atoms with van der Waals surface area (Å²) in [6, 6.07) is 1.78. The molecular weight excluding hydrogens is 200 g/mol. The van der Waals surface area contributed by atoms with E-state index in [1.54, 1.807) is 6.07 Å². The van der Waals surface area contributed by atoms with Crippen molar-refractivity contribution in [2.24, 2.45) is 5.92 Å². The highest BCUT2D eigenvalue weighted by molar-refractivity contribution is 7.80. The molecule has 0 aliphatic carbocycles. The van der Waals surface area contributed by atoms with Crippen LogP contribution in [0.5, 0.6) is 0 Å². The first kappa shape index (κ1) is 12.6. The zero-order chi connectivity index (χ0) is 11.0. The first-order chi connectivity index (χ1) is 6.67. The second kappa shape index (κ2) is 7.04. The van der Waals surface area contributed by atoms with Crippen molar-refractivity contribution >= 4 is 23.2 Å². The monoisotopic (exact) mass is 212 g/mol. The molecule has 0 saturated heterocycles. The SMILES string of the molecule is C=CCOC(=O)C(C#N)C(=S)NCC. The Bertz CT molecular complexity index is 270. The Balaban J connectivity index is 4.26. The molecule has 0 spiro atoms. The normalized spacial score (nSPS) is 10.9. The van der Waals surface area contributed by atoms with Gasteiger partial charge in [0.15, 0.2) is 5.92 Å². The van der Waals surface area contributed by atoms with Crippen LogP contribution in [0.3, 0.4) is 0 Å². The zero-order valence-corrected chi connectivity index (χ0v) is 8.76. The van der Waals surface area contributed by atoms with Gasteiger partial charge >= 0.3 is 5.97 Å². The minimum Gasteiger partial charge on any atom is -0.460 e. The molecule has 1 atom stereocenters. The summed E-state index contributed by atoms with van der Waals surface area (Å²) in [5, 5.41) is 11.4. The van der Waals surface area contributed by atoms with E-state index in [2.05, 4.69) is 11.9 Å². The molecule has 0 bridgehead atoms. The Morgan fingerprint density at radius 3 is 2.93 bits per heavy atom. The number of nitrogens with zero attached hydrogens (tertiary/aromatic N) is 1. The number of hydrogen-bond acceptors (Lipinski definition) is 4. The van der Waals surface area contributed by atoms with Crippen molar-refractivity contribution in [3.63, 3.8) is 0 Å². The lowest BCUT2D eigenvalue weighted by Crippen LogP contribution is -2.33. The van der Waals surface area contributed by atoms with E-state index in [-0.39, 0.29) is 11.6 Å². The summed E-state index contributed by atoms with van der Waals surface area (Å²) >= 11 is 4.84. The predicted octanol–water partition coefficient (Wildman–Crippen LogP) is 0.792. The molecule has 1 unspecified atom stereocenters. The van der Waals surface area contributed by atoms with E-state index in [0.29, 0.717) is 6.54 Å². The molecule has 0 aromatic carbocycles. The summed E-state index contributed by atoms with van der Waals surface area (Å²) in [7, 11) is 0. The molecule has 0 aromatic heterocycles. The van der Waals surface area contributed by atoms with E-state index in [9.17, 15) is 4.79 Å². The first-order valence-electron chi connectivity index (χ1n) is 4.12. The Kier molecular flexibility index (Phi) is 6.33. The smallest absolute Gasteiger partial charge is 0.330 e. The van der Waals surface area contributed by atoms with E-state index in [4.69, 9.17) is 22.2 Å². The van der Waals surface area contributed by atoms with Crippen LogP contribution in [0.2, 0.25) is 0 Å². The molecule has 0 fully saturated rings. The van der Waals surface area contributed by atoms with Crippen LogP contribution in [0.15, 0.2) is 12.7 Å². The van der Waals surface area contributed by atoms with E-state index in [1.165, 1.54) is 6.08 Å². The van der Waals surface area contributed by atoms with Crippen molar-refractivity contribution in [1.82, 2.24) is 5.32 Å². The first-order valence-corrected chi connectivity index (χ1v) is 4.53. The highest BCUT2D eigenvalue weighted by Gasteiger charge is 2.23. The van der Waals surface area contributed by atoms with E-state index in [1.807, 2.05) is 6.92 Å². The van der Waals surface area contributed by atoms with Crippen molar-refractivity contribution in [3.8, 4) is 6.07 Å². The quantitative estimate of drug-likeness (QED) is 0.415. The van der Waals surface area contributed by atoms with Crippen molar-refractivity contribution in [1.29, 1.82) is 5.26 Å². The second-order valence-corrected chi connectivity index (χ2v) is 2.82. The van der Waals surface area contributed by atoms with Gasteiger partial charge in [0, 0.05) is 6.54 Å². The van der Waals surface area contributed by atoms with Gasteiger partial charge < -0.3 is 10.1 Å². The molecule has 0 rings (SSSR count). The third-order valence-electron chi connectivity index (χ3n) is 1.32. The fourth-order valence-electron chi connectivity index (χ4n) is 0.719. The summed E-state index contributed by atoms with van der Waals surface area (Å²) in [5.41, 5.74) is 0. The number of carbonyl (C=O) groups excluding carboxylic acids is 1. The van der Waals surface area contributed by atoms with Gasteiger partial charge in [-0.05, 0) is 6.92 Å². The van der Waals surface area contributed by atoms with Gasteiger partial charge in [-0.2, -0.15) is 5.26 Å². The third kappa shape index (κ3) is 4.01. The number of nitriles is 1. The van der Waals surface area contributed by atoms with Gasteiger partial charge in [0.25, 0.3) is 0 Å². The predicted molar refractivity (Wildman–Crippen MR) is 56.5 cm³/mol. The minimum atomic E-state index is -1.02. The Morgan fingerprint density at radius 2 is 2.50 bits per heavy atom. The molecule has 0 saturated carbocycles. The largest absolute Gasteiger partial charge is 0.460 e. The number of ether oxygens (including phenoxy) is 1. The number of carbonyl (C=O) groups is 1. The van der Waals surface area contributed by atoms with Gasteiger partial charge in [0.1, 0.15) is 11.6 Å². The summed E-state index contributed by atoms with van der Waals surface area (Å²) < 4.78 is 4.70. The van der Waals surface area contributed by atoms with Crippen molar-refractivity contribution < 1.29 is 9.53 Å². The molecule has 1 N–H and O–H groups in total. The third-order valence-corrected chi connectivity index (χ3v) is 1.70. The molecule has 5 heteroatoms. The van der Waals surface area contributed by atoms with Crippen molar-refractivity contribution in [2.45, 2.75) is 6.92 Å². The van der Waals surface area contributed by atoms with Crippen molar-refractivity contribution in [2.75, 3.05) is 13.2 Å². The molecule has 0 radical (unpaired) electrons. The van der Waals surface area contributed by atoms with Gasteiger partial charge in [0.2, 0.25) is 0 Å². The van der Waals surface area contributed by atoms with Gasteiger partial charge in [-0.3, -0.25) is 4.79 Å². The maximum absolute atomic E-state index is 11.2. The van der Waals surface area contributed by atoms with Gasteiger partial charge in [-0.15, -0.1) is 0 Å². The highest BCUT2D eigenvalue weighted by atomic mass is 32.1. The molecule has 0 aliphatic heterocycles. The van der Waals surface area contributed by atoms with Gasteiger partial charge in [-0.25, -0.2) is 0 Å². The number of rotatable bonds is 5. The molecule has 4 nitrogen and oxygen atoms in total. The zero-order valence-electron chi connectivity index (χ0n) is 7.95. The number of nitrogens with one attached hydrogen (secondary N) is 1. The average Bonchev–Trinajstić information content (AvgIpc) is 2.16.